The van der Waals surface area contributed by atoms with Crippen LogP contribution in [0, 0.1) is 5.82 Å². The summed E-state index contributed by atoms with van der Waals surface area (Å²) in [5, 5.41) is 7.23. The highest BCUT2D eigenvalue weighted by Gasteiger charge is 2.24. The number of carbonyl (C=O) groups is 1. The molecule has 1 heterocycles. The number of hydrogen-bond donors (Lipinski definition) is 2. The maximum absolute atomic E-state index is 13.2. The third kappa shape index (κ3) is 4.36. The predicted octanol–water partition coefficient (Wildman–Crippen LogP) is 5.60. The van der Waals surface area contributed by atoms with E-state index in [-0.39, 0.29) is 17.8 Å². The number of rotatable bonds is 6. The molecule has 0 saturated carbocycles. The van der Waals surface area contributed by atoms with Crippen LogP contribution in [0.4, 0.5) is 10.1 Å². The molecular formula is C24H21FN2O2. The van der Waals surface area contributed by atoms with Crippen LogP contribution in [0.15, 0.2) is 89.3 Å². The minimum atomic E-state index is -0.607. The highest BCUT2D eigenvalue weighted by atomic mass is 19.1. The zero-order valence-electron chi connectivity index (χ0n) is 15.9. The maximum Gasteiger partial charge on any atom is 0.246 e. The molecule has 1 aromatic heterocycles. The Hall–Kier alpha value is -3.44. The number of halogens is 1. The Balaban J connectivity index is 1.58. The van der Waals surface area contributed by atoms with E-state index < -0.39 is 6.04 Å². The summed E-state index contributed by atoms with van der Waals surface area (Å²) in [7, 11) is 0. The summed E-state index contributed by atoms with van der Waals surface area (Å²) >= 11 is 0. The molecule has 0 fully saturated rings. The van der Waals surface area contributed by atoms with Gasteiger partial charge in [-0.05, 0) is 48.9 Å². The van der Waals surface area contributed by atoms with Crippen LogP contribution >= 0.6 is 0 Å². The summed E-state index contributed by atoms with van der Waals surface area (Å²) in [6, 6.07) is 24.2. The lowest BCUT2D eigenvalue weighted by atomic mass is 10.0. The van der Waals surface area contributed by atoms with E-state index in [1.165, 1.54) is 24.3 Å². The van der Waals surface area contributed by atoms with Crippen molar-refractivity contribution in [3.8, 4) is 0 Å². The smallest absolute Gasteiger partial charge is 0.246 e. The topological polar surface area (TPSA) is 54.3 Å². The van der Waals surface area contributed by atoms with Crippen molar-refractivity contribution >= 4 is 22.6 Å². The van der Waals surface area contributed by atoms with Crippen molar-refractivity contribution < 1.29 is 13.6 Å². The van der Waals surface area contributed by atoms with Crippen LogP contribution in [0.1, 0.15) is 30.3 Å². The number of anilines is 1. The third-order valence-corrected chi connectivity index (χ3v) is 4.79. The largest absolute Gasteiger partial charge is 0.459 e. The Bertz CT molecular complexity index is 1070. The third-order valence-electron chi connectivity index (χ3n) is 4.79. The molecule has 3 aromatic carbocycles. The van der Waals surface area contributed by atoms with E-state index >= 15 is 0 Å². The molecule has 0 spiro atoms. The van der Waals surface area contributed by atoms with Crippen LogP contribution in [-0.2, 0) is 4.79 Å². The average Bonchev–Trinajstić information content (AvgIpc) is 3.18. The molecule has 1 amide bonds. The summed E-state index contributed by atoms with van der Waals surface area (Å²) < 4.78 is 19.1. The van der Waals surface area contributed by atoms with Gasteiger partial charge in [-0.15, -0.1) is 0 Å². The summed E-state index contributed by atoms with van der Waals surface area (Å²) in [5.41, 5.74) is 2.17. The highest BCUT2D eigenvalue weighted by molar-refractivity contribution is 5.95. The van der Waals surface area contributed by atoms with E-state index in [4.69, 9.17) is 4.42 Å². The summed E-state index contributed by atoms with van der Waals surface area (Å²) in [5.74, 6) is 0.173. The minimum absolute atomic E-state index is 0.202. The number of carbonyl (C=O) groups excluding carboxylic acids is 1. The molecule has 29 heavy (non-hydrogen) atoms. The van der Waals surface area contributed by atoms with E-state index in [1.54, 1.807) is 0 Å². The van der Waals surface area contributed by atoms with Crippen LogP contribution in [0.3, 0.4) is 0 Å². The number of furan rings is 1. The van der Waals surface area contributed by atoms with Gasteiger partial charge in [0.1, 0.15) is 23.2 Å². The van der Waals surface area contributed by atoms with E-state index in [9.17, 15) is 9.18 Å². The molecule has 0 saturated heterocycles. The molecule has 0 aliphatic carbocycles. The van der Waals surface area contributed by atoms with Crippen LogP contribution in [0.5, 0.6) is 0 Å². The van der Waals surface area contributed by atoms with Gasteiger partial charge in [-0.1, -0.05) is 48.5 Å². The van der Waals surface area contributed by atoms with E-state index in [2.05, 4.69) is 10.6 Å². The van der Waals surface area contributed by atoms with Gasteiger partial charge in [0.15, 0.2) is 0 Å². The first kappa shape index (κ1) is 18.9. The van der Waals surface area contributed by atoms with E-state index in [1.807, 2.05) is 67.6 Å². The van der Waals surface area contributed by atoms with E-state index in [0.717, 1.165) is 22.3 Å². The van der Waals surface area contributed by atoms with Gasteiger partial charge in [0.25, 0.3) is 0 Å². The van der Waals surface area contributed by atoms with Gasteiger partial charge in [0.2, 0.25) is 5.91 Å². The lowest BCUT2D eigenvalue weighted by Gasteiger charge is -2.22. The quantitative estimate of drug-likeness (QED) is 0.452. The minimum Gasteiger partial charge on any atom is -0.459 e. The number of benzene rings is 3. The first-order chi connectivity index (χ1) is 14.1. The van der Waals surface area contributed by atoms with E-state index in [0.29, 0.717) is 5.69 Å². The predicted molar refractivity (Wildman–Crippen MR) is 112 cm³/mol. The van der Waals surface area contributed by atoms with Crippen molar-refractivity contribution in [3.63, 3.8) is 0 Å². The van der Waals surface area contributed by atoms with Gasteiger partial charge in [0.05, 0.1) is 6.04 Å². The molecular weight excluding hydrogens is 367 g/mol. The number of fused-ring (bicyclic) bond motifs is 1. The fourth-order valence-electron chi connectivity index (χ4n) is 3.26. The molecule has 0 unspecified atom stereocenters. The van der Waals surface area contributed by atoms with Gasteiger partial charge in [-0.2, -0.15) is 0 Å². The number of hydrogen-bond acceptors (Lipinski definition) is 3. The zero-order valence-corrected chi connectivity index (χ0v) is 15.9. The van der Waals surface area contributed by atoms with Gasteiger partial charge in [0, 0.05) is 11.1 Å². The second-order valence-corrected chi connectivity index (χ2v) is 6.91. The molecule has 0 aliphatic heterocycles. The maximum atomic E-state index is 13.2. The fourth-order valence-corrected chi connectivity index (χ4v) is 3.26. The lowest BCUT2D eigenvalue weighted by molar-refractivity contribution is -0.118. The first-order valence-corrected chi connectivity index (χ1v) is 9.46. The molecule has 5 heteroatoms. The molecule has 4 rings (SSSR count). The van der Waals surface area contributed by atoms with Gasteiger partial charge >= 0.3 is 0 Å². The summed E-state index contributed by atoms with van der Waals surface area (Å²) in [4.78, 5) is 13.0. The summed E-state index contributed by atoms with van der Waals surface area (Å²) in [6.45, 7) is 1.96. The summed E-state index contributed by atoms with van der Waals surface area (Å²) in [6.07, 6.45) is 0. The Morgan fingerprint density at radius 3 is 2.34 bits per heavy atom. The van der Waals surface area contributed by atoms with Crippen molar-refractivity contribution in [1.82, 2.24) is 5.32 Å². The van der Waals surface area contributed by atoms with Crippen LogP contribution in [0.25, 0.3) is 11.0 Å². The molecule has 0 bridgehead atoms. The second kappa shape index (κ2) is 8.29. The molecule has 4 aromatic rings. The molecule has 0 radical (unpaired) electrons. The van der Waals surface area contributed by atoms with Crippen molar-refractivity contribution in [1.29, 1.82) is 0 Å². The monoisotopic (exact) mass is 388 g/mol. The Kier molecular flexibility index (Phi) is 5.40. The second-order valence-electron chi connectivity index (χ2n) is 6.91. The van der Waals surface area contributed by atoms with Crippen molar-refractivity contribution in [3.05, 3.63) is 102 Å². The van der Waals surface area contributed by atoms with Gasteiger partial charge in [-0.3, -0.25) is 10.1 Å². The Morgan fingerprint density at radius 1 is 0.931 bits per heavy atom. The molecule has 0 aliphatic rings. The number of para-hydroxylation sites is 1. The standard InChI is InChI=1S/C24H21FN2O2/c1-16(22-15-18-9-5-6-10-21(18)29-22)26-23(17-7-3-2-4-8-17)24(28)27-20-13-11-19(25)12-14-20/h2-16,23,26H,1H3,(H,27,28)/t16-,23-/m1/s1. The van der Waals surface area contributed by atoms with Gasteiger partial charge < -0.3 is 9.73 Å². The molecule has 4 nitrogen and oxygen atoms in total. The highest BCUT2D eigenvalue weighted by Crippen LogP contribution is 2.26. The van der Waals surface area contributed by atoms with Crippen LogP contribution in [0.2, 0.25) is 0 Å². The number of nitrogens with one attached hydrogen (secondary N) is 2. The van der Waals surface area contributed by atoms with Crippen LogP contribution in [-0.4, -0.2) is 5.91 Å². The Morgan fingerprint density at radius 2 is 1.62 bits per heavy atom. The first-order valence-electron chi connectivity index (χ1n) is 9.46. The molecule has 2 atom stereocenters. The Labute approximate surface area is 168 Å². The van der Waals surface area contributed by atoms with Crippen molar-refractivity contribution in [2.24, 2.45) is 0 Å². The normalized spacial score (nSPS) is 13.2. The fraction of sp³-hybridized carbons (Fsp3) is 0.125. The molecule has 146 valence electrons. The van der Waals surface area contributed by atoms with Crippen molar-refractivity contribution in [2.45, 2.75) is 19.0 Å². The van der Waals surface area contributed by atoms with Crippen LogP contribution < -0.4 is 10.6 Å². The van der Waals surface area contributed by atoms with Gasteiger partial charge in [-0.25, -0.2) is 4.39 Å². The average molecular weight is 388 g/mol. The number of amides is 1. The van der Waals surface area contributed by atoms with Crippen molar-refractivity contribution in [2.75, 3.05) is 5.32 Å². The SMILES string of the molecule is C[C@@H](N[C@@H](C(=O)Nc1ccc(F)cc1)c1ccccc1)c1cc2ccccc2o1. The lowest BCUT2D eigenvalue weighted by Crippen LogP contribution is -2.34. The molecule has 2 N–H and O–H groups in total. The zero-order chi connectivity index (χ0) is 20.2.